The van der Waals surface area contributed by atoms with Crippen LogP contribution < -0.4 is 10.6 Å². The number of alkyl carbamates (subject to hydrolysis) is 1. The Morgan fingerprint density at radius 1 is 1.00 bits per heavy atom. The summed E-state index contributed by atoms with van der Waals surface area (Å²) in [5, 5.41) is 6.25. The molecular weight excluding hydrogens is 540 g/mol. The fourth-order valence-electron chi connectivity index (χ4n) is 4.57. The van der Waals surface area contributed by atoms with Gasteiger partial charge < -0.3 is 15.4 Å². The van der Waals surface area contributed by atoms with Gasteiger partial charge in [-0.1, -0.05) is 44.2 Å². The number of hydrogen-bond donors (Lipinski definition) is 2. The Labute approximate surface area is 241 Å². The van der Waals surface area contributed by atoms with Crippen LogP contribution in [-0.2, 0) is 19.6 Å². The Hall–Kier alpha value is -4.18. The maximum Gasteiger partial charge on any atom is 0.408 e. The van der Waals surface area contributed by atoms with Crippen molar-refractivity contribution in [2.24, 2.45) is 5.92 Å². The molecule has 2 aromatic carbocycles. The lowest BCUT2D eigenvalue weighted by Crippen LogP contribution is -2.46. The number of aryl methyl sites for hydroxylation is 1. The predicted molar refractivity (Wildman–Crippen MR) is 160 cm³/mol. The van der Waals surface area contributed by atoms with E-state index in [1.165, 1.54) is 3.97 Å². The van der Waals surface area contributed by atoms with Gasteiger partial charge in [0.1, 0.15) is 11.6 Å². The van der Waals surface area contributed by atoms with E-state index in [9.17, 15) is 18.0 Å². The first-order valence-corrected chi connectivity index (χ1v) is 14.9. The van der Waals surface area contributed by atoms with Crippen LogP contribution in [0.4, 0.5) is 10.5 Å². The normalized spacial score (nSPS) is 12.8. The van der Waals surface area contributed by atoms with Crippen molar-refractivity contribution in [1.29, 1.82) is 0 Å². The van der Waals surface area contributed by atoms with Gasteiger partial charge in [-0.2, -0.15) is 0 Å². The summed E-state index contributed by atoms with van der Waals surface area (Å²) >= 11 is 0. The highest BCUT2D eigenvalue weighted by Crippen LogP contribution is 2.32. The number of ether oxygens (including phenoxy) is 1. The van der Waals surface area contributed by atoms with Crippen molar-refractivity contribution in [2.45, 2.75) is 64.5 Å². The number of fused-ring (bicyclic) bond motifs is 1. The summed E-state index contributed by atoms with van der Waals surface area (Å²) in [5.41, 5.74) is 2.40. The summed E-state index contributed by atoms with van der Waals surface area (Å²) in [6.45, 7) is 11.0. The van der Waals surface area contributed by atoms with Crippen molar-refractivity contribution in [3.8, 4) is 11.1 Å². The van der Waals surface area contributed by atoms with Crippen molar-refractivity contribution in [3.05, 3.63) is 78.6 Å². The lowest BCUT2D eigenvalue weighted by Gasteiger charge is -2.24. The molecule has 0 aliphatic carbocycles. The van der Waals surface area contributed by atoms with Gasteiger partial charge in [-0.25, -0.2) is 22.2 Å². The average molecular weight is 577 g/mol. The van der Waals surface area contributed by atoms with E-state index in [-0.39, 0.29) is 16.7 Å². The molecule has 0 bridgehead atoms. The predicted octanol–water partition coefficient (Wildman–Crippen LogP) is 6.13. The van der Waals surface area contributed by atoms with Gasteiger partial charge in [0, 0.05) is 23.0 Å². The number of carbonyl (C=O) groups is 2. The molecule has 2 aromatic heterocycles. The summed E-state index contributed by atoms with van der Waals surface area (Å²) < 4.78 is 33.5. The third-order valence-corrected chi connectivity index (χ3v) is 8.10. The molecule has 1 atom stereocenters. The fraction of sp³-hybridized carbons (Fsp3) is 0.323. The van der Waals surface area contributed by atoms with Crippen LogP contribution in [0.25, 0.3) is 22.2 Å². The number of carbonyl (C=O) groups excluding carboxylic acids is 2. The molecule has 4 aromatic rings. The lowest BCUT2D eigenvalue weighted by atomic mass is 10.0. The molecule has 10 heteroatoms. The van der Waals surface area contributed by atoms with Crippen molar-refractivity contribution in [3.63, 3.8) is 0 Å². The van der Waals surface area contributed by atoms with Crippen LogP contribution in [0.3, 0.4) is 0 Å². The Morgan fingerprint density at radius 2 is 1.66 bits per heavy atom. The molecule has 2 amide bonds. The highest BCUT2D eigenvalue weighted by atomic mass is 32.2. The maximum atomic E-state index is 13.4. The number of benzene rings is 2. The zero-order valence-corrected chi connectivity index (χ0v) is 25.0. The van der Waals surface area contributed by atoms with E-state index in [4.69, 9.17) is 4.74 Å². The number of nitrogens with one attached hydrogen (secondary N) is 2. The fourth-order valence-corrected chi connectivity index (χ4v) is 6.09. The summed E-state index contributed by atoms with van der Waals surface area (Å²) in [6.07, 6.45) is 1.38. The van der Waals surface area contributed by atoms with Crippen LogP contribution in [-0.4, -0.2) is 41.0 Å². The molecule has 0 radical (unpaired) electrons. The van der Waals surface area contributed by atoms with Gasteiger partial charge in [0.2, 0.25) is 5.91 Å². The molecule has 2 heterocycles. The SMILES string of the molecule is Cc1cc2c(-c3ccc(NC(=O)[C@H](CC(C)C)NC(=O)OC(C)(C)C)cc3)ccnc2n1S(=O)(=O)c1ccccc1. The number of pyridine rings is 1. The monoisotopic (exact) mass is 576 g/mol. The number of amides is 2. The highest BCUT2D eigenvalue weighted by Gasteiger charge is 2.26. The molecule has 9 nitrogen and oxygen atoms in total. The van der Waals surface area contributed by atoms with E-state index >= 15 is 0 Å². The first-order valence-electron chi connectivity index (χ1n) is 13.4. The van der Waals surface area contributed by atoms with Gasteiger partial charge in [-0.05, 0) is 87.6 Å². The molecule has 2 N–H and O–H groups in total. The molecule has 216 valence electrons. The molecule has 0 spiro atoms. The quantitative estimate of drug-likeness (QED) is 0.261. The van der Waals surface area contributed by atoms with Gasteiger partial charge in [0.25, 0.3) is 10.0 Å². The number of hydrogen-bond acceptors (Lipinski definition) is 6. The Bertz CT molecular complexity index is 1650. The van der Waals surface area contributed by atoms with Gasteiger partial charge in [-0.15, -0.1) is 0 Å². The maximum absolute atomic E-state index is 13.4. The van der Waals surface area contributed by atoms with Gasteiger partial charge in [0.05, 0.1) is 4.90 Å². The standard InChI is InChI=1S/C31H36N4O5S/c1-20(2)18-27(34-30(37)40-31(4,5)6)29(36)33-23-14-12-22(13-15-23)25-16-17-32-28-26(25)19-21(3)35(28)41(38,39)24-10-8-7-9-11-24/h7-17,19-20,27H,18H2,1-6H3,(H,33,36)(H,34,37)/t27-/m0/s1. The van der Waals surface area contributed by atoms with E-state index < -0.39 is 27.8 Å². The van der Waals surface area contributed by atoms with Crippen LogP contribution in [0.1, 0.15) is 46.7 Å². The minimum Gasteiger partial charge on any atom is -0.444 e. The Morgan fingerprint density at radius 3 is 2.27 bits per heavy atom. The van der Waals surface area contributed by atoms with E-state index in [0.717, 1.165) is 11.1 Å². The molecule has 0 aliphatic heterocycles. The second kappa shape index (κ2) is 11.7. The molecule has 4 rings (SSSR count). The summed E-state index contributed by atoms with van der Waals surface area (Å²) in [6, 6.07) is 18.4. The number of rotatable bonds is 8. The molecule has 0 fully saturated rings. The zero-order chi connectivity index (χ0) is 29.9. The van der Waals surface area contributed by atoms with Crippen molar-refractivity contribution in [1.82, 2.24) is 14.3 Å². The van der Waals surface area contributed by atoms with Crippen LogP contribution in [0.2, 0.25) is 0 Å². The second-order valence-electron chi connectivity index (χ2n) is 11.4. The number of anilines is 1. The number of aromatic nitrogens is 2. The Balaban J connectivity index is 1.58. The van der Waals surface area contributed by atoms with E-state index in [0.29, 0.717) is 28.8 Å². The van der Waals surface area contributed by atoms with Crippen molar-refractivity contribution in [2.75, 3.05) is 5.32 Å². The highest BCUT2D eigenvalue weighted by molar-refractivity contribution is 7.90. The topological polar surface area (TPSA) is 119 Å². The summed E-state index contributed by atoms with van der Waals surface area (Å²) in [7, 11) is -3.84. The third kappa shape index (κ3) is 6.94. The van der Waals surface area contributed by atoms with Gasteiger partial charge >= 0.3 is 6.09 Å². The first kappa shape index (κ1) is 29.8. The third-order valence-electron chi connectivity index (χ3n) is 6.29. The molecule has 0 saturated carbocycles. The van der Waals surface area contributed by atoms with Crippen LogP contribution in [0, 0.1) is 12.8 Å². The van der Waals surface area contributed by atoms with Crippen LogP contribution in [0.15, 0.2) is 77.8 Å². The minimum atomic E-state index is -3.84. The average Bonchev–Trinajstić information content (AvgIpc) is 3.24. The number of nitrogens with zero attached hydrogens (tertiary/aromatic N) is 2. The van der Waals surface area contributed by atoms with E-state index in [1.54, 1.807) is 76.4 Å². The molecule has 41 heavy (non-hydrogen) atoms. The van der Waals surface area contributed by atoms with Gasteiger partial charge in [-0.3, -0.25) is 4.79 Å². The smallest absolute Gasteiger partial charge is 0.408 e. The second-order valence-corrected chi connectivity index (χ2v) is 13.1. The van der Waals surface area contributed by atoms with Crippen molar-refractivity contribution >= 4 is 38.7 Å². The van der Waals surface area contributed by atoms with Crippen LogP contribution >= 0.6 is 0 Å². The lowest BCUT2D eigenvalue weighted by molar-refractivity contribution is -0.118. The minimum absolute atomic E-state index is 0.165. The molecule has 0 unspecified atom stereocenters. The van der Waals surface area contributed by atoms with Crippen molar-refractivity contribution < 1.29 is 22.7 Å². The first-order chi connectivity index (χ1) is 19.3. The molecular formula is C31H36N4O5S. The van der Waals surface area contributed by atoms with Gasteiger partial charge in [0.15, 0.2) is 5.65 Å². The summed E-state index contributed by atoms with van der Waals surface area (Å²) in [4.78, 5) is 30.0. The van der Waals surface area contributed by atoms with E-state index in [2.05, 4.69) is 15.6 Å². The summed E-state index contributed by atoms with van der Waals surface area (Å²) in [5.74, 6) is -0.180. The molecule has 0 aliphatic rings. The van der Waals surface area contributed by atoms with E-state index in [1.807, 2.05) is 38.1 Å². The molecule has 0 saturated heterocycles. The van der Waals surface area contributed by atoms with Crippen LogP contribution in [0.5, 0.6) is 0 Å². The Kier molecular flexibility index (Phi) is 8.53. The zero-order valence-electron chi connectivity index (χ0n) is 24.1. The largest absolute Gasteiger partial charge is 0.444 e.